The highest BCUT2D eigenvalue weighted by atomic mass is 14.2. The van der Waals surface area contributed by atoms with Crippen LogP contribution in [0.2, 0.25) is 0 Å². The molecule has 0 N–H and O–H groups in total. The van der Waals surface area contributed by atoms with E-state index >= 15 is 0 Å². The zero-order valence-electron chi connectivity index (χ0n) is 8.54. The van der Waals surface area contributed by atoms with Crippen LogP contribution in [0, 0.1) is 12.8 Å². The summed E-state index contributed by atoms with van der Waals surface area (Å²) in [6.45, 7) is 6.71. The van der Waals surface area contributed by atoms with Gasteiger partial charge < -0.3 is 0 Å². The van der Waals surface area contributed by atoms with Crippen LogP contribution in [0.5, 0.6) is 0 Å². The van der Waals surface area contributed by atoms with Gasteiger partial charge in [0, 0.05) is 5.92 Å². The second-order valence-corrected chi connectivity index (χ2v) is 4.26. The third kappa shape index (κ3) is 1.41. The van der Waals surface area contributed by atoms with Crippen molar-refractivity contribution in [3.63, 3.8) is 0 Å². The van der Waals surface area contributed by atoms with E-state index in [0.29, 0.717) is 11.8 Å². The van der Waals surface area contributed by atoms with E-state index in [1.807, 2.05) is 0 Å². The number of rotatable bonds is 1. The number of allylic oxidation sites excluding steroid dienone is 1. The molecule has 0 aliphatic heterocycles. The molecule has 1 aromatic rings. The molecular weight excluding hydrogens is 156 g/mol. The summed E-state index contributed by atoms with van der Waals surface area (Å²) < 4.78 is 0. The molecule has 0 aromatic heterocycles. The molecule has 0 saturated carbocycles. The molecule has 0 amide bonds. The van der Waals surface area contributed by atoms with Crippen LogP contribution in [0.3, 0.4) is 0 Å². The van der Waals surface area contributed by atoms with E-state index in [1.54, 1.807) is 0 Å². The molecule has 0 bridgehead atoms. The fourth-order valence-corrected chi connectivity index (χ4v) is 2.03. The zero-order chi connectivity index (χ0) is 9.42. The molecule has 0 saturated heterocycles. The number of hydrogen-bond donors (Lipinski definition) is 0. The van der Waals surface area contributed by atoms with Gasteiger partial charge in [0.05, 0.1) is 0 Å². The molecule has 2 rings (SSSR count). The first kappa shape index (κ1) is 8.55. The van der Waals surface area contributed by atoms with Crippen LogP contribution in [0.1, 0.15) is 36.5 Å². The van der Waals surface area contributed by atoms with Gasteiger partial charge in [-0.2, -0.15) is 0 Å². The zero-order valence-corrected chi connectivity index (χ0v) is 8.54. The van der Waals surface area contributed by atoms with E-state index in [9.17, 15) is 0 Å². The van der Waals surface area contributed by atoms with E-state index in [-0.39, 0.29) is 0 Å². The Hall–Kier alpha value is -1.04. The molecule has 0 nitrogen and oxygen atoms in total. The van der Waals surface area contributed by atoms with Crippen molar-refractivity contribution in [1.82, 2.24) is 0 Å². The van der Waals surface area contributed by atoms with Crippen molar-refractivity contribution in [2.45, 2.75) is 26.7 Å². The van der Waals surface area contributed by atoms with Gasteiger partial charge in [0.25, 0.3) is 0 Å². The van der Waals surface area contributed by atoms with Crippen LogP contribution in [-0.2, 0) is 0 Å². The van der Waals surface area contributed by atoms with Gasteiger partial charge >= 0.3 is 0 Å². The van der Waals surface area contributed by atoms with Gasteiger partial charge in [0.2, 0.25) is 0 Å². The summed E-state index contributed by atoms with van der Waals surface area (Å²) in [5.41, 5.74) is 4.27. The third-order valence-corrected chi connectivity index (χ3v) is 2.80. The first-order chi connectivity index (χ1) is 6.18. The Morgan fingerprint density at radius 2 is 2.00 bits per heavy atom. The lowest BCUT2D eigenvalue weighted by molar-refractivity contribution is 0.584. The molecule has 1 aliphatic carbocycles. The monoisotopic (exact) mass is 172 g/mol. The summed E-state index contributed by atoms with van der Waals surface area (Å²) >= 11 is 0. The molecule has 0 radical (unpaired) electrons. The Balaban J connectivity index is 2.44. The maximum atomic E-state index is 2.33. The second kappa shape index (κ2) is 3.02. The van der Waals surface area contributed by atoms with Gasteiger partial charge in [-0.3, -0.25) is 0 Å². The first-order valence-electron chi connectivity index (χ1n) is 4.97. The molecule has 1 aromatic carbocycles. The van der Waals surface area contributed by atoms with E-state index in [1.165, 1.54) is 16.7 Å². The van der Waals surface area contributed by atoms with Crippen molar-refractivity contribution >= 4 is 6.08 Å². The van der Waals surface area contributed by atoms with Gasteiger partial charge in [-0.05, 0) is 24.0 Å². The number of benzene rings is 1. The highest BCUT2D eigenvalue weighted by molar-refractivity contribution is 5.63. The summed E-state index contributed by atoms with van der Waals surface area (Å²) in [4.78, 5) is 0. The average molecular weight is 172 g/mol. The Morgan fingerprint density at radius 3 is 2.69 bits per heavy atom. The van der Waals surface area contributed by atoms with Crippen LogP contribution < -0.4 is 0 Å². The standard InChI is InChI=1S/C13H16/c1-9(2)12-7-5-11-8-10(3)4-6-13(11)12/h4-9,12H,1-3H3. The third-order valence-electron chi connectivity index (χ3n) is 2.80. The molecule has 1 aliphatic rings. The fraction of sp³-hybridized carbons (Fsp3) is 0.385. The minimum absolute atomic E-state index is 0.635. The Morgan fingerprint density at radius 1 is 1.23 bits per heavy atom. The quantitative estimate of drug-likeness (QED) is 0.605. The highest BCUT2D eigenvalue weighted by Crippen LogP contribution is 2.35. The number of aryl methyl sites for hydroxylation is 1. The van der Waals surface area contributed by atoms with Crippen LogP contribution in [0.4, 0.5) is 0 Å². The normalized spacial score (nSPS) is 19.5. The van der Waals surface area contributed by atoms with Crippen LogP contribution in [0.25, 0.3) is 6.08 Å². The molecule has 13 heavy (non-hydrogen) atoms. The van der Waals surface area contributed by atoms with Crippen LogP contribution in [0.15, 0.2) is 24.3 Å². The molecular formula is C13H16. The molecule has 0 fully saturated rings. The van der Waals surface area contributed by atoms with Gasteiger partial charge in [-0.15, -0.1) is 0 Å². The van der Waals surface area contributed by atoms with Crippen molar-refractivity contribution in [3.8, 4) is 0 Å². The minimum Gasteiger partial charge on any atom is -0.0761 e. The summed E-state index contributed by atoms with van der Waals surface area (Å²) in [5.74, 6) is 1.34. The summed E-state index contributed by atoms with van der Waals surface area (Å²) in [6.07, 6.45) is 4.59. The summed E-state index contributed by atoms with van der Waals surface area (Å²) in [5, 5.41) is 0. The van der Waals surface area contributed by atoms with E-state index in [2.05, 4.69) is 51.1 Å². The van der Waals surface area contributed by atoms with Crippen LogP contribution in [-0.4, -0.2) is 0 Å². The molecule has 0 heterocycles. The summed E-state index contributed by atoms with van der Waals surface area (Å²) in [7, 11) is 0. The Bertz CT molecular complexity index is 345. The maximum absolute atomic E-state index is 2.33. The lowest BCUT2D eigenvalue weighted by Crippen LogP contribution is -2.01. The Labute approximate surface area is 80.3 Å². The summed E-state index contributed by atoms with van der Waals surface area (Å²) in [6, 6.07) is 6.75. The predicted octanol–water partition coefficient (Wildman–Crippen LogP) is 3.76. The van der Waals surface area contributed by atoms with Crippen molar-refractivity contribution in [2.75, 3.05) is 0 Å². The topological polar surface area (TPSA) is 0 Å². The molecule has 1 atom stereocenters. The van der Waals surface area contributed by atoms with Crippen LogP contribution >= 0.6 is 0 Å². The minimum atomic E-state index is 0.635. The SMILES string of the molecule is Cc1ccc2c(c1)C=CC2C(C)C. The molecule has 1 unspecified atom stereocenters. The van der Waals surface area contributed by atoms with Crippen molar-refractivity contribution < 1.29 is 0 Å². The second-order valence-electron chi connectivity index (χ2n) is 4.26. The smallest absolute Gasteiger partial charge is 0.00502 e. The lowest BCUT2D eigenvalue weighted by Gasteiger charge is -2.14. The molecule has 0 heteroatoms. The lowest BCUT2D eigenvalue weighted by atomic mass is 9.90. The average Bonchev–Trinajstić information content (AvgIpc) is 2.46. The van der Waals surface area contributed by atoms with Gasteiger partial charge in [0.1, 0.15) is 0 Å². The predicted molar refractivity (Wildman–Crippen MR) is 57.8 cm³/mol. The van der Waals surface area contributed by atoms with Gasteiger partial charge in [0.15, 0.2) is 0 Å². The maximum Gasteiger partial charge on any atom is 0.00502 e. The van der Waals surface area contributed by atoms with E-state index in [0.717, 1.165) is 0 Å². The van der Waals surface area contributed by atoms with E-state index in [4.69, 9.17) is 0 Å². The van der Waals surface area contributed by atoms with E-state index < -0.39 is 0 Å². The molecule has 68 valence electrons. The van der Waals surface area contributed by atoms with Gasteiger partial charge in [-0.25, -0.2) is 0 Å². The largest absolute Gasteiger partial charge is 0.0761 e. The Kier molecular flexibility index (Phi) is 1.99. The van der Waals surface area contributed by atoms with Gasteiger partial charge in [-0.1, -0.05) is 49.8 Å². The number of hydrogen-bond acceptors (Lipinski definition) is 0. The number of fused-ring (bicyclic) bond motifs is 1. The van der Waals surface area contributed by atoms with Crippen molar-refractivity contribution in [1.29, 1.82) is 0 Å². The van der Waals surface area contributed by atoms with Crippen molar-refractivity contribution in [3.05, 3.63) is 41.0 Å². The highest BCUT2D eigenvalue weighted by Gasteiger charge is 2.19. The first-order valence-corrected chi connectivity index (χ1v) is 4.97. The fourth-order valence-electron chi connectivity index (χ4n) is 2.03. The van der Waals surface area contributed by atoms with Crippen molar-refractivity contribution in [2.24, 2.45) is 5.92 Å². The molecule has 0 spiro atoms.